The van der Waals surface area contributed by atoms with Crippen molar-refractivity contribution in [3.63, 3.8) is 0 Å². The summed E-state index contributed by atoms with van der Waals surface area (Å²) in [5.74, 6) is 0.732. The molecule has 0 aliphatic carbocycles. The highest BCUT2D eigenvalue weighted by Crippen LogP contribution is 2.34. The monoisotopic (exact) mass is 447 g/mol. The van der Waals surface area contributed by atoms with Gasteiger partial charge in [0.25, 0.3) is 11.6 Å². The number of amides is 1. The molecule has 3 aromatic carbocycles. The van der Waals surface area contributed by atoms with Gasteiger partial charge in [-0.25, -0.2) is 0 Å². The van der Waals surface area contributed by atoms with Crippen LogP contribution in [0.1, 0.15) is 12.8 Å². The van der Waals surface area contributed by atoms with Crippen LogP contribution in [0.25, 0.3) is 11.1 Å². The largest absolute Gasteiger partial charge is 0.497 e. The zero-order chi connectivity index (χ0) is 23.2. The molecule has 8 nitrogen and oxygen atoms in total. The summed E-state index contributed by atoms with van der Waals surface area (Å²) < 4.78 is 10.9. The number of hydrogen-bond donors (Lipinski definition) is 1. The van der Waals surface area contributed by atoms with E-state index in [1.165, 1.54) is 31.0 Å². The van der Waals surface area contributed by atoms with Crippen LogP contribution >= 0.6 is 0 Å². The molecule has 0 saturated carbocycles. The standard InChI is InChI=1S/C25H25N3O5/c1-32-22-11-4-18(5-12-22)23-16-21(28(30)31)10-13-24(23)33-17-25(29)26-19-6-8-20(9-7-19)27-14-2-3-15-27/h4-13,16H,2-3,14-15,17H2,1H3,(H,26,29). The zero-order valence-electron chi connectivity index (χ0n) is 18.3. The van der Waals surface area contributed by atoms with E-state index in [1.807, 2.05) is 24.3 Å². The van der Waals surface area contributed by atoms with Crippen LogP contribution in [0, 0.1) is 10.1 Å². The summed E-state index contributed by atoms with van der Waals surface area (Å²) in [5, 5.41) is 14.1. The molecule has 1 fully saturated rings. The molecule has 170 valence electrons. The average molecular weight is 447 g/mol. The number of nitro benzene ring substituents is 1. The minimum absolute atomic E-state index is 0.0595. The Morgan fingerprint density at radius 3 is 2.36 bits per heavy atom. The topological polar surface area (TPSA) is 93.9 Å². The van der Waals surface area contributed by atoms with Crippen LogP contribution < -0.4 is 19.7 Å². The predicted octanol–water partition coefficient (Wildman–Crippen LogP) is 4.89. The van der Waals surface area contributed by atoms with E-state index in [9.17, 15) is 14.9 Å². The second-order valence-electron chi connectivity index (χ2n) is 7.74. The second kappa shape index (κ2) is 10.0. The normalized spacial score (nSPS) is 12.9. The number of rotatable bonds is 8. The number of nitro groups is 1. The van der Waals surface area contributed by atoms with Crippen molar-refractivity contribution in [1.82, 2.24) is 0 Å². The number of ether oxygens (including phenoxy) is 2. The molecule has 1 heterocycles. The molecule has 0 radical (unpaired) electrons. The van der Waals surface area contributed by atoms with Gasteiger partial charge in [0, 0.05) is 42.2 Å². The van der Waals surface area contributed by atoms with Gasteiger partial charge in [-0.2, -0.15) is 0 Å². The third-order valence-corrected chi connectivity index (χ3v) is 5.56. The first-order valence-electron chi connectivity index (χ1n) is 10.7. The number of methoxy groups -OCH3 is 1. The van der Waals surface area contributed by atoms with Gasteiger partial charge < -0.3 is 19.7 Å². The number of nitrogens with one attached hydrogen (secondary N) is 1. The molecule has 0 bridgehead atoms. The number of carbonyl (C=O) groups excluding carboxylic acids is 1. The second-order valence-corrected chi connectivity index (χ2v) is 7.74. The summed E-state index contributed by atoms with van der Waals surface area (Å²) in [7, 11) is 1.56. The summed E-state index contributed by atoms with van der Waals surface area (Å²) in [5.41, 5.74) is 3.01. The van der Waals surface area contributed by atoms with E-state index in [0.717, 1.165) is 18.8 Å². The lowest BCUT2D eigenvalue weighted by atomic mass is 10.0. The molecule has 1 N–H and O–H groups in total. The molecule has 1 saturated heterocycles. The summed E-state index contributed by atoms with van der Waals surface area (Å²) in [4.78, 5) is 25.6. The van der Waals surface area contributed by atoms with E-state index in [2.05, 4.69) is 10.2 Å². The molecule has 4 rings (SSSR count). The van der Waals surface area contributed by atoms with Gasteiger partial charge in [0.2, 0.25) is 0 Å². The number of nitrogens with zero attached hydrogens (tertiary/aromatic N) is 2. The molecule has 8 heteroatoms. The first-order valence-corrected chi connectivity index (χ1v) is 10.7. The van der Waals surface area contributed by atoms with Gasteiger partial charge >= 0.3 is 0 Å². The van der Waals surface area contributed by atoms with Crippen LogP contribution in [-0.4, -0.2) is 37.6 Å². The summed E-state index contributed by atoms with van der Waals surface area (Å²) in [6, 6.07) is 19.1. The van der Waals surface area contributed by atoms with Crippen molar-refractivity contribution in [2.75, 3.05) is 37.0 Å². The van der Waals surface area contributed by atoms with Crippen molar-refractivity contribution in [2.45, 2.75) is 12.8 Å². The Morgan fingerprint density at radius 2 is 1.73 bits per heavy atom. The number of carbonyl (C=O) groups is 1. The Balaban J connectivity index is 1.44. The molecule has 0 spiro atoms. The quantitative estimate of drug-likeness (QED) is 0.390. The lowest BCUT2D eigenvalue weighted by molar-refractivity contribution is -0.384. The van der Waals surface area contributed by atoms with Gasteiger partial charge in [0.05, 0.1) is 12.0 Å². The Morgan fingerprint density at radius 1 is 1.03 bits per heavy atom. The van der Waals surface area contributed by atoms with Gasteiger partial charge in [-0.15, -0.1) is 0 Å². The molecule has 0 unspecified atom stereocenters. The highest BCUT2D eigenvalue weighted by Gasteiger charge is 2.16. The molecule has 33 heavy (non-hydrogen) atoms. The fraction of sp³-hybridized carbons (Fsp3) is 0.240. The Bertz CT molecular complexity index is 1120. The molecular formula is C25H25N3O5. The van der Waals surface area contributed by atoms with Crippen molar-refractivity contribution >= 4 is 23.0 Å². The van der Waals surface area contributed by atoms with Crippen LogP contribution in [0.2, 0.25) is 0 Å². The minimum Gasteiger partial charge on any atom is -0.497 e. The van der Waals surface area contributed by atoms with Gasteiger partial charge in [-0.1, -0.05) is 12.1 Å². The lowest BCUT2D eigenvalue weighted by Crippen LogP contribution is -2.21. The first kappa shape index (κ1) is 22.1. The first-order chi connectivity index (χ1) is 16.0. The van der Waals surface area contributed by atoms with Crippen LogP contribution in [0.15, 0.2) is 66.7 Å². The van der Waals surface area contributed by atoms with E-state index in [1.54, 1.807) is 31.4 Å². The Labute approximate surface area is 191 Å². The molecular weight excluding hydrogens is 422 g/mol. The SMILES string of the molecule is COc1ccc(-c2cc([N+](=O)[O-])ccc2OCC(=O)Nc2ccc(N3CCCC3)cc2)cc1. The lowest BCUT2D eigenvalue weighted by Gasteiger charge is -2.18. The van der Waals surface area contributed by atoms with Crippen molar-refractivity contribution < 1.29 is 19.2 Å². The predicted molar refractivity (Wildman–Crippen MR) is 127 cm³/mol. The van der Waals surface area contributed by atoms with Gasteiger partial charge in [0.1, 0.15) is 11.5 Å². The van der Waals surface area contributed by atoms with E-state index in [-0.39, 0.29) is 18.2 Å². The van der Waals surface area contributed by atoms with E-state index >= 15 is 0 Å². The third-order valence-electron chi connectivity index (χ3n) is 5.56. The highest BCUT2D eigenvalue weighted by molar-refractivity contribution is 5.92. The Hall–Kier alpha value is -4.07. The average Bonchev–Trinajstić information content (AvgIpc) is 3.38. The van der Waals surface area contributed by atoms with Gasteiger partial charge in [-0.05, 0) is 60.9 Å². The van der Waals surface area contributed by atoms with E-state index in [0.29, 0.717) is 28.3 Å². The number of non-ortho nitro benzene ring substituents is 1. The molecule has 1 aliphatic rings. The van der Waals surface area contributed by atoms with Crippen LogP contribution in [-0.2, 0) is 4.79 Å². The molecule has 0 atom stereocenters. The minimum atomic E-state index is -0.463. The third kappa shape index (κ3) is 5.41. The fourth-order valence-electron chi connectivity index (χ4n) is 3.82. The maximum atomic E-state index is 12.5. The number of benzene rings is 3. The molecule has 3 aromatic rings. The maximum absolute atomic E-state index is 12.5. The highest BCUT2D eigenvalue weighted by atomic mass is 16.6. The summed E-state index contributed by atoms with van der Waals surface area (Å²) in [6.45, 7) is 1.89. The van der Waals surface area contributed by atoms with Crippen molar-refractivity contribution in [3.8, 4) is 22.6 Å². The van der Waals surface area contributed by atoms with E-state index < -0.39 is 4.92 Å². The fourth-order valence-corrected chi connectivity index (χ4v) is 3.82. The van der Waals surface area contributed by atoms with Crippen molar-refractivity contribution in [3.05, 3.63) is 76.8 Å². The molecule has 1 amide bonds. The number of hydrogen-bond acceptors (Lipinski definition) is 6. The van der Waals surface area contributed by atoms with Gasteiger partial charge in [-0.3, -0.25) is 14.9 Å². The Kier molecular flexibility index (Phi) is 6.73. The van der Waals surface area contributed by atoms with Crippen LogP contribution in [0.4, 0.5) is 17.1 Å². The summed E-state index contributed by atoms with van der Waals surface area (Å²) >= 11 is 0. The molecule has 0 aromatic heterocycles. The molecule has 1 aliphatic heterocycles. The zero-order valence-corrected chi connectivity index (χ0v) is 18.3. The van der Waals surface area contributed by atoms with Crippen LogP contribution in [0.3, 0.4) is 0 Å². The maximum Gasteiger partial charge on any atom is 0.270 e. The van der Waals surface area contributed by atoms with Crippen molar-refractivity contribution in [2.24, 2.45) is 0 Å². The smallest absolute Gasteiger partial charge is 0.270 e. The van der Waals surface area contributed by atoms with Crippen LogP contribution in [0.5, 0.6) is 11.5 Å². The van der Waals surface area contributed by atoms with E-state index in [4.69, 9.17) is 9.47 Å². The number of anilines is 2. The summed E-state index contributed by atoms with van der Waals surface area (Å²) in [6.07, 6.45) is 2.41. The van der Waals surface area contributed by atoms with Crippen molar-refractivity contribution in [1.29, 1.82) is 0 Å². The van der Waals surface area contributed by atoms with Gasteiger partial charge in [0.15, 0.2) is 6.61 Å².